The van der Waals surface area contributed by atoms with E-state index in [1.54, 1.807) is 13.0 Å². The minimum Gasteiger partial charge on any atom is -0.497 e. The molecule has 0 fully saturated rings. The van der Waals surface area contributed by atoms with E-state index in [-0.39, 0.29) is 11.3 Å². The van der Waals surface area contributed by atoms with Crippen molar-refractivity contribution < 1.29 is 13.9 Å². The zero-order valence-corrected chi connectivity index (χ0v) is 7.85. The summed E-state index contributed by atoms with van der Waals surface area (Å²) in [7, 11) is 1.48. The molecule has 2 nitrogen and oxygen atoms in total. The number of halogens is 1. The summed E-state index contributed by atoms with van der Waals surface area (Å²) in [6.07, 6.45) is 0. The van der Waals surface area contributed by atoms with Gasteiger partial charge in [0.05, 0.1) is 12.7 Å². The van der Waals surface area contributed by atoms with Crippen LogP contribution < -0.4 is 4.74 Å². The van der Waals surface area contributed by atoms with Crippen LogP contribution in [0.1, 0.15) is 22.8 Å². The van der Waals surface area contributed by atoms with E-state index in [1.165, 1.54) is 20.1 Å². The highest BCUT2D eigenvalue weighted by Crippen LogP contribution is 2.20. The molecule has 0 aliphatic rings. The molecular formula is C10H11FO2. The molecule has 0 aliphatic heterocycles. The maximum atomic E-state index is 13.3. The van der Waals surface area contributed by atoms with Gasteiger partial charge in [0.1, 0.15) is 11.6 Å². The average Bonchev–Trinajstić information content (AvgIpc) is 2.09. The van der Waals surface area contributed by atoms with E-state index in [0.29, 0.717) is 11.3 Å². The Morgan fingerprint density at radius 2 is 2.08 bits per heavy atom. The second-order valence-corrected chi connectivity index (χ2v) is 2.86. The maximum absolute atomic E-state index is 13.3. The van der Waals surface area contributed by atoms with Crippen LogP contribution in [0.25, 0.3) is 0 Å². The Morgan fingerprint density at radius 1 is 1.46 bits per heavy atom. The molecule has 0 atom stereocenters. The summed E-state index contributed by atoms with van der Waals surface area (Å²) >= 11 is 0. The Bertz CT molecular complexity index is 345. The number of carbonyl (C=O) groups excluding carboxylic acids is 1. The van der Waals surface area contributed by atoms with Crippen LogP contribution in [0, 0.1) is 12.7 Å². The van der Waals surface area contributed by atoms with Crippen molar-refractivity contribution in [3.8, 4) is 5.75 Å². The molecule has 0 spiro atoms. The molecule has 0 radical (unpaired) electrons. The minimum absolute atomic E-state index is 0.0804. The van der Waals surface area contributed by atoms with Crippen LogP contribution in [0.4, 0.5) is 4.39 Å². The van der Waals surface area contributed by atoms with Crippen molar-refractivity contribution in [1.82, 2.24) is 0 Å². The lowest BCUT2D eigenvalue weighted by Gasteiger charge is -2.05. The predicted molar refractivity (Wildman–Crippen MR) is 47.7 cm³/mol. The molecule has 0 saturated carbocycles. The van der Waals surface area contributed by atoms with Crippen LogP contribution in [0.3, 0.4) is 0 Å². The highest BCUT2D eigenvalue weighted by Gasteiger charge is 2.11. The largest absolute Gasteiger partial charge is 0.497 e. The maximum Gasteiger partial charge on any atom is 0.162 e. The molecule has 0 aromatic heterocycles. The fourth-order valence-corrected chi connectivity index (χ4v) is 1.11. The second kappa shape index (κ2) is 3.56. The van der Waals surface area contributed by atoms with E-state index in [0.717, 1.165) is 0 Å². The Morgan fingerprint density at radius 3 is 2.54 bits per heavy atom. The van der Waals surface area contributed by atoms with Crippen molar-refractivity contribution in [2.24, 2.45) is 0 Å². The predicted octanol–water partition coefficient (Wildman–Crippen LogP) is 2.35. The molecule has 1 rings (SSSR count). The van der Waals surface area contributed by atoms with E-state index >= 15 is 0 Å². The molecule has 0 unspecified atom stereocenters. The van der Waals surface area contributed by atoms with Crippen LogP contribution in [0.5, 0.6) is 5.75 Å². The van der Waals surface area contributed by atoms with Gasteiger partial charge < -0.3 is 4.74 Å². The number of rotatable bonds is 2. The fraction of sp³-hybridized carbons (Fsp3) is 0.300. The number of hydrogen-bond acceptors (Lipinski definition) is 2. The molecule has 0 heterocycles. The molecule has 0 bridgehead atoms. The first-order valence-corrected chi connectivity index (χ1v) is 3.91. The lowest BCUT2D eigenvalue weighted by Crippen LogP contribution is -2.00. The third kappa shape index (κ3) is 1.86. The molecular weight excluding hydrogens is 171 g/mol. The van der Waals surface area contributed by atoms with Gasteiger partial charge in [-0.2, -0.15) is 0 Å². The van der Waals surface area contributed by atoms with Crippen LogP contribution in [-0.4, -0.2) is 12.9 Å². The summed E-state index contributed by atoms with van der Waals surface area (Å²) in [5, 5.41) is 0. The number of benzene rings is 1. The number of aryl methyl sites for hydroxylation is 1. The van der Waals surface area contributed by atoms with Gasteiger partial charge >= 0.3 is 0 Å². The van der Waals surface area contributed by atoms with Gasteiger partial charge in [-0.1, -0.05) is 0 Å². The van der Waals surface area contributed by atoms with E-state index in [2.05, 4.69) is 0 Å². The zero-order chi connectivity index (χ0) is 10.0. The molecule has 70 valence electrons. The van der Waals surface area contributed by atoms with Crippen LogP contribution in [-0.2, 0) is 0 Å². The normalized spacial score (nSPS) is 9.85. The highest BCUT2D eigenvalue weighted by molar-refractivity contribution is 5.95. The summed E-state index contributed by atoms with van der Waals surface area (Å²) < 4.78 is 18.2. The van der Waals surface area contributed by atoms with Gasteiger partial charge in [-0.25, -0.2) is 4.39 Å². The lowest BCUT2D eigenvalue weighted by molar-refractivity contribution is 0.101. The Balaban J connectivity index is 3.33. The van der Waals surface area contributed by atoms with Gasteiger partial charge in [0.15, 0.2) is 5.78 Å². The molecule has 0 saturated heterocycles. The smallest absolute Gasteiger partial charge is 0.162 e. The van der Waals surface area contributed by atoms with Crippen LogP contribution in [0.15, 0.2) is 12.1 Å². The van der Waals surface area contributed by atoms with Crippen molar-refractivity contribution in [3.05, 3.63) is 29.1 Å². The average molecular weight is 182 g/mol. The molecule has 0 amide bonds. The number of ketones is 1. The number of hydrogen-bond donors (Lipinski definition) is 0. The standard InChI is InChI=1S/C10H11FO2/c1-6-4-8(13-3)5-9(7(2)12)10(6)11/h4-5H,1-3H3. The monoisotopic (exact) mass is 182 g/mol. The van der Waals surface area contributed by atoms with Crippen molar-refractivity contribution in [3.63, 3.8) is 0 Å². The SMILES string of the molecule is COc1cc(C)c(F)c(C(C)=O)c1. The van der Waals surface area contributed by atoms with Gasteiger partial charge in [-0.05, 0) is 31.5 Å². The summed E-state index contributed by atoms with van der Waals surface area (Å²) in [5.41, 5.74) is 0.501. The fourth-order valence-electron chi connectivity index (χ4n) is 1.11. The number of ether oxygens (including phenoxy) is 1. The molecule has 1 aromatic carbocycles. The summed E-state index contributed by atoms with van der Waals surface area (Å²) in [6.45, 7) is 2.93. The third-order valence-electron chi connectivity index (χ3n) is 1.84. The van der Waals surface area contributed by atoms with E-state index in [9.17, 15) is 9.18 Å². The first-order chi connectivity index (χ1) is 6.06. The number of Topliss-reactive ketones (excluding diaryl/α,β-unsaturated/α-hetero) is 1. The minimum atomic E-state index is -0.465. The first kappa shape index (κ1) is 9.71. The van der Waals surface area contributed by atoms with Crippen molar-refractivity contribution in [2.75, 3.05) is 7.11 Å². The van der Waals surface area contributed by atoms with E-state index < -0.39 is 5.82 Å². The van der Waals surface area contributed by atoms with Gasteiger partial charge in [0, 0.05) is 0 Å². The molecule has 13 heavy (non-hydrogen) atoms. The molecule has 1 aromatic rings. The topological polar surface area (TPSA) is 26.3 Å². The van der Waals surface area contributed by atoms with E-state index in [1.807, 2.05) is 0 Å². The van der Waals surface area contributed by atoms with E-state index in [4.69, 9.17) is 4.74 Å². The first-order valence-electron chi connectivity index (χ1n) is 3.91. The van der Waals surface area contributed by atoms with Gasteiger partial charge in [0.2, 0.25) is 0 Å². The zero-order valence-electron chi connectivity index (χ0n) is 7.85. The molecule has 0 aliphatic carbocycles. The van der Waals surface area contributed by atoms with Gasteiger partial charge in [-0.15, -0.1) is 0 Å². The van der Waals surface area contributed by atoms with Crippen molar-refractivity contribution >= 4 is 5.78 Å². The van der Waals surface area contributed by atoms with Gasteiger partial charge in [0.25, 0.3) is 0 Å². The van der Waals surface area contributed by atoms with Crippen molar-refractivity contribution in [2.45, 2.75) is 13.8 Å². The summed E-state index contributed by atoms with van der Waals surface area (Å²) in [4.78, 5) is 11.0. The van der Waals surface area contributed by atoms with Gasteiger partial charge in [-0.3, -0.25) is 4.79 Å². The molecule has 0 N–H and O–H groups in total. The molecule has 3 heteroatoms. The van der Waals surface area contributed by atoms with Crippen LogP contribution >= 0.6 is 0 Å². The number of methoxy groups -OCH3 is 1. The quantitative estimate of drug-likeness (QED) is 0.656. The highest BCUT2D eigenvalue weighted by atomic mass is 19.1. The number of carbonyl (C=O) groups is 1. The Labute approximate surface area is 76.3 Å². The second-order valence-electron chi connectivity index (χ2n) is 2.86. The van der Waals surface area contributed by atoms with Crippen LogP contribution in [0.2, 0.25) is 0 Å². The Hall–Kier alpha value is -1.38. The lowest BCUT2D eigenvalue weighted by atomic mass is 10.1. The third-order valence-corrected chi connectivity index (χ3v) is 1.84. The van der Waals surface area contributed by atoms with Crippen molar-refractivity contribution in [1.29, 1.82) is 0 Å². The summed E-state index contributed by atoms with van der Waals surface area (Å²) in [5.74, 6) is -0.253. The summed E-state index contributed by atoms with van der Waals surface area (Å²) in [6, 6.07) is 2.96. The Kier molecular flexibility index (Phi) is 2.66.